The fourth-order valence-corrected chi connectivity index (χ4v) is 8.27. The van der Waals surface area contributed by atoms with E-state index in [1.165, 1.54) is 0 Å². The Morgan fingerprint density at radius 1 is 0.230 bits per heavy atom. The predicted molar refractivity (Wildman–Crippen MR) is 251 cm³/mol. The van der Waals surface area contributed by atoms with Crippen molar-refractivity contribution in [2.75, 3.05) is 0 Å². The normalized spacial score (nSPS) is 11.3. The van der Waals surface area contributed by atoms with E-state index in [9.17, 15) is 0 Å². The molecular weight excluding hydrogens is 743 g/mol. The molecule has 0 radical (unpaired) electrons. The van der Waals surface area contributed by atoms with Crippen LogP contribution >= 0.6 is 0 Å². The highest BCUT2D eigenvalue weighted by molar-refractivity contribution is 6.16. The molecule has 4 nitrogen and oxygen atoms in total. The Kier molecular flexibility index (Phi) is 9.14. The van der Waals surface area contributed by atoms with Crippen molar-refractivity contribution >= 4 is 21.9 Å². The Morgan fingerprint density at radius 3 is 0.934 bits per heavy atom. The number of furan rings is 1. The molecule has 0 saturated carbocycles. The average molecular weight is 780 g/mol. The SMILES string of the molecule is c1ccc(-c2cc(-c3nc(-c4ccccc4)nc(-c4ccccc4)n3)cc(-c3cc(-c4ccccc4)cc4c3oc3c(-c5ccccc5)cc(-c5ccccc5)cc34)c2)cc1. The molecule has 9 aromatic carbocycles. The van der Waals surface area contributed by atoms with E-state index in [2.05, 4.69) is 158 Å². The first-order valence-corrected chi connectivity index (χ1v) is 20.5. The van der Waals surface area contributed by atoms with E-state index in [1.54, 1.807) is 0 Å². The van der Waals surface area contributed by atoms with Gasteiger partial charge in [0, 0.05) is 38.6 Å². The molecule has 0 aliphatic rings. The van der Waals surface area contributed by atoms with Crippen molar-refractivity contribution in [3.05, 3.63) is 224 Å². The Hall–Kier alpha value is -8.21. The zero-order valence-electron chi connectivity index (χ0n) is 33.1. The molecule has 61 heavy (non-hydrogen) atoms. The number of hydrogen-bond donors (Lipinski definition) is 0. The van der Waals surface area contributed by atoms with Gasteiger partial charge in [-0.05, 0) is 87.0 Å². The Labute approximate surface area is 354 Å². The lowest BCUT2D eigenvalue weighted by Crippen LogP contribution is -2.00. The van der Waals surface area contributed by atoms with Crippen molar-refractivity contribution in [3.8, 4) is 89.8 Å². The molecule has 286 valence electrons. The van der Waals surface area contributed by atoms with Crippen molar-refractivity contribution in [2.45, 2.75) is 0 Å². The highest BCUT2D eigenvalue weighted by atomic mass is 16.3. The van der Waals surface area contributed by atoms with Crippen LogP contribution in [-0.4, -0.2) is 15.0 Å². The van der Waals surface area contributed by atoms with Gasteiger partial charge in [-0.25, -0.2) is 15.0 Å². The van der Waals surface area contributed by atoms with Crippen LogP contribution in [0.25, 0.3) is 112 Å². The zero-order valence-corrected chi connectivity index (χ0v) is 33.1. The lowest BCUT2D eigenvalue weighted by molar-refractivity contribution is 0.671. The summed E-state index contributed by atoms with van der Waals surface area (Å²) in [7, 11) is 0. The maximum absolute atomic E-state index is 7.21. The van der Waals surface area contributed by atoms with Crippen LogP contribution in [0.1, 0.15) is 0 Å². The first-order chi connectivity index (χ1) is 30.2. The Balaban J connectivity index is 1.21. The summed E-state index contributed by atoms with van der Waals surface area (Å²) < 4.78 is 7.21. The van der Waals surface area contributed by atoms with Crippen LogP contribution in [0.4, 0.5) is 0 Å². The third-order valence-electron chi connectivity index (χ3n) is 11.3. The van der Waals surface area contributed by atoms with E-state index in [0.717, 1.165) is 94.3 Å². The van der Waals surface area contributed by atoms with Crippen LogP contribution in [0.15, 0.2) is 229 Å². The molecule has 4 heteroatoms. The van der Waals surface area contributed by atoms with E-state index in [0.29, 0.717) is 17.5 Å². The molecule has 0 amide bonds. The number of fused-ring (bicyclic) bond motifs is 3. The molecule has 0 aliphatic heterocycles. The van der Waals surface area contributed by atoms with E-state index in [-0.39, 0.29) is 0 Å². The second kappa shape index (κ2) is 15.5. The molecular formula is C57H37N3O. The maximum atomic E-state index is 7.21. The lowest BCUT2D eigenvalue weighted by atomic mass is 9.91. The second-order valence-electron chi connectivity index (χ2n) is 15.2. The first-order valence-electron chi connectivity index (χ1n) is 20.5. The number of nitrogens with zero attached hydrogens (tertiary/aromatic N) is 3. The summed E-state index contributed by atoms with van der Waals surface area (Å²) in [5, 5.41) is 2.11. The van der Waals surface area contributed by atoms with Gasteiger partial charge in [0.2, 0.25) is 0 Å². The molecule has 11 aromatic rings. The third-order valence-corrected chi connectivity index (χ3v) is 11.3. The smallest absolute Gasteiger partial charge is 0.164 e. The van der Waals surface area contributed by atoms with Gasteiger partial charge < -0.3 is 4.42 Å². The summed E-state index contributed by atoms with van der Waals surface area (Å²) in [4.78, 5) is 15.3. The Bertz CT molecular complexity index is 3260. The summed E-state index contributed by atoms with van der Waals surface area (Å²) >= 11 is 0. The number of rotatable bonds is 8. The van der Waals surface area contributed by atoms with E-state index in [1.807, 2.05) is 66.7 Å². The minimum absolute atomic E-state index is 0.589. The summed E-state index contributed by atoms with van der Waals surface area (Å²) in [6.45, 7) is 0. The van der Waals surface area contributed by atoms with Crippen LogP contribution in [0.3, 0.4) is 0 Å². The van der Waals surface area contributed by atoms with Crippen molar-refractivity contribution < 1.29 is 4.42 Å². The summed E-state index contributed by atoms with van der Waals surface area (Å²) in [5.41, 5.74) is 15.1. The summed E-state index contributed by atoms with van der Waals surface area (Å²) in [6, 6.07) is 78.2. The first kappa shape index (κ1) is 35.9. The van der Waals surface area contributed by atoms with E-state index < -0.39 is 0 Å². The van der Waals surface area contributed by atoms with Crippen molar-refractivity contribution in [3.63, 3.8) is 0 Å². The molecule has 0 spiro atoms. The Morgan fingerprint density at radius 2 is 0.525 bits per heavy atom. The van der Waals surface area contributed by atoms with Gasteiger partial charge in [-0.3, -0.25) is 0 Å². The molecule has 11 rings (SSSR count). The zero-order chi connectivity index (χ0) is 40.5. The van der Waals surface area contributed by atoms with Crippen molar-refractivity contribution in [1.29, 1.82) is 0 Å². The molecule has 0 fully saturated rings. The van der Waals surface area contributed by atoms with Crippen LogP contribution < -0.4 is 0 Å². The largest absolute Gasteiger partial charge is 0.455 e. The molecule has 2 heterocycles. The minimum Gasteiger partial charge on any atom is -0.455 e. The monoisotopic (exact) mass is 779 g/mol. The molecule has 0 bridgehead atoms. The van der Waals surface area contributed by atoms with Gasteiger partial charge in [0.05, 0.1) is 0 Å². The maximum Gasteiger partial charge on any atom is 0.164 e. The highest BCUT2D eigenvalue weighted by Crippen LogP contribution is 2.45. The average Bonchev–Trinajstić information content (AvgIpc) is 3.73. The van der Waals surface area contributed by atoms with Crippen LogP contribution in [0.2, 0.25) is 0 Å². The molecule has 2 aromatic heterocycles. The molecule has 0 saturated heterocycles. The van der Waals surface area contributed by atoms with Crippen LogP contribution in [0, 0.1) is 0 Å². The quantitative estimate of drug-likeness (QED) is 0.154. The van der Waals surface area contributed by atoms with E-state index in [4.69, 9.17) is 19.4 Å². The third kappa shape index (κ3) is 6.96. The molecule has 0 unspecified atom stereocenters. The van der Waals surface area contributed by atoms with Crippen molar-refractivity contribution in [2.24, 2.45) is 0 Å². The van der Waals surface area contributed by atoms with Crippen molar-refractivity contribution in [1.82, 2.24) is 15.0 Å². The summed E-state index contributed by atoms with van der Waals surface area (Å²) in [6.07, 6.45) is 0. The van der Waals surface area contributed by atoms with Gasteiger partial charge in [0.1, 0.15) is 11.2 Å². The van der Waals surface area contributed by atoms with Gasteiger partial charge in [0.25, 0.3) is 0 Å². The topological polar surface area (TPSA) is 51.8 Å². The van der Waals surface area contributed by atoms with Gasteiger partial charge >= 0.3 is 0 Å². The standard InChI is InChI=1S/C57H37N3O/c1-7-19-38(20-8-1)44-31-47(33-48(32-44)57-59-55(42-27-15-5-16-28-42)58-56(60-57)43-29-17-6-18-30-43)50-35-46(40-23-11-3-12-24-40)37-52-51-36-45(39-21-9-2-10-22-39)34-49(53(51)61-54(50)52)41-25-13-4-14-26-41/h1-37H. The number of benzene rings is 9. The number of hydrogen-bond acceptors (Lipinski definition) is 4. The highest BCUT2D eigenvalue weighted by Gasteiger charge is 2.21. The van der Waals surface area contributed by atoms with Crippen LogP contribution in [0.5, 0.6) is 0 Å². The van der Waals surface area contributed by atoms with Gasteiger partial charge in [-0.1, -0.05) is 182 Å². The van der Waals surface area contributed by atoms with Gasteiger partial charge in [-0.15, -0.1) is 0 Å². The molecule has 0 atom stereocenters. The molecule has 0 aliphatic carbocycles. The number of aromatic nitrogens is 3. The fraction of sp³-hybridized carbons (Fsp3) is 0. The summed E-state index contributed by atoms with van der Waals surface area (Å²) in [5.74, 6) is 1.82. The van der Waals surface area contributed by atoms with Crippen LogP contribution in [-0.2, 0) is 0 Å². The van der Waals surface area contributed by atoms with Gasteiger partial charge in [0.15, 0.2) is 17.5 Å². The minimum atomic E-state index is 0.589. The second-order valence-corrected chi connectivity index (χ2v) is 15.2. The van der Waals surface area contributed by atoms with E-state index >= 15 is 0 Å². The lowest BCUT2D eigenvalue weighted by Gasteiger charge is -2.14. The molecule has 0 N–H and O–H groups in total. The van der Waals surface area contributed by atoms with Gasteiger partial charge in [-0.2, -0.15) is 0 Å². The predicted octanol–water partition coefficient (Wildman–Crippen LogP) is 15.1. The fourth-order valence-electron chi connectivity index (χ4n) is 8.27.